The van der Waals surface area contributed by atoms with Gasteiger partial charge in [0, 0.05) is 15.7 Å². The smallest absolute Gasteiger partial charge is 0.266 e. The Morgan fingerprint density at radius 3 is 2.08 bits per heavy atom. The van der Waals surface area contributed by atoms with E-state index in [0.29, 0.717) is 30.4 Å². The van der Waals surface area contributed by atoms with Crippen LogP contribution in [-0.2, 0) is 18.0 Å². The Morgan fingerprint density at radius 1 is 0.806 bits per heavy atom. The van der Waals surface area contributed by atoms with Gasteiger partial charge in [0.25, 0.3) is 5.91 Å². The van der Waals surface area contributed by atoms with Gasteiger partial charge in [-0.25, -0.2) is 0 Å². The Kier molecular flexibility index (Phi) is 8.53. The molecule has 0 saturated carbocycles. The first kappa shape index (κ1) is 24.8. The van der Waals surface area contributed by atoms with Crippen molar-refractivity contribution in [2.45, 2.75) is 13.2 Å². The van der Waals surface area contributed by atoms with Gasteiger partial charge >= 0.3 is 0 Å². The quantitative estimate of drug-likeness (QED) is 0.181. The van der Waals surface area contributed by atoms with Gasteiger partial charge in [-0.05, 0) is 59.7 Å². The van der Waals surface area contributed by atoms with Crippen LogP contribution >= 0.6 is 15.9 Å². The second kappa shape index (κ2) is 12.4. The third-order valence-corrected chi connectivity index (χ3v) is 6.04. The number of amides is 1. The number of ether oxygens (including phenoxy) is 2. The topological polar surface area (TPSA) is 71.3 Å². The summed E-state index contributed by atoms with van der Waals surface area (Å²) in [6.07, 6.45) is 1.55. The first-order chi connectivity index (χ1) is 17.6. The van der Waals surface area contributed by atoms with E-state index in [9.17, 15) is 10.1 Å². The zero-order valence-electron chi connectivity index (χ0n) is 19.4. The van der Waals surface area contributed by atoms with Gasteiger partial charge in [0.1, 0.15) is 36.4 Å². The van der Waals surface area contributed by atoms with Crippen LogP contribution in [0.4, 0.5) is 5.69 Å². The molecule has 178 valence electrons. The average molecular weight is 539 g/mol. The van der Waals surface area contributed by atoms with Gasteiger partial charge in [-0.2, -0.15) is 5.26 Å². The summed E-state index contributed by atoms with van der Waals surface area (Å²) >= 11 is 3.51. The summed E-state index contributed by atoms with van der Waals surface area (Å²) in [5, 5.41) is 12.3. The van der Waals surface area contributed by atoms with Crippen LogP contribution in [0.1, 0.15) is 16.7 Å². The van der Waals surface area contributed by atoms with Gasteiger partial charge in [-0.1, -0.05) is 76.6 Å². The predicted octanol–water partition coefficient (Wildman–Crippen LogP) is 7.15. The summed E-state index contributed by atoms with van der Waals surface area (Å²) < 4.78 is 12.6. The third kappa shape index (κ3) is 7.08. The number of nitriles is 1. The molecule has 1 N–H and O–H groups in total. The van der Waals surface area contributed by atoms with Crippen molar-refractivity contribution < 1.29 is 14.3 Å². The molecule has 0 atom stereocenters. The maximum atomic E-state index is 12.6. The molecular formula is C30H23BrN2O3. The Labute approximate surface area is 218 Å². The number of carbonyl (C=O) groups excluding carboxylic acids is 1. The number of benzene rings is 4. The molecule has 4 rings (SSSR count). The summed E-state index contributed by atoms with van der Waals surface area (Å²) in [6.45, 7) is 0.889. The Morgan fingerprint density at radius 2 is 1.42 bits per heavy atom. The van der Waals surface area contributed by atoms with Crippen molar-refractivity contribution in [1.82, 2.24) is 0 Å². The van der Waals surface area contributed by atoms with E-state index in [1.807, 2.05) is 72.8 Å². The highest BCUT2D eigenvalue weighted by Crippen LogP contribution is 2.21. The highest BCUT2D eigenvalue weighted by atomic mass is 79.9. The van der Waals surface area contributed by atoms with Crippen molar-refractivity contribution in [3.05, 3.63) is 130 Å². The summed E-state index contributed by atoms with van der Waals surface area (Å²) in [5.74, 6) is 0.903. The Bertz CT molecular complexity index is 1380. The van der Waals surface area contributed by atoms with Crippen LogP contribution in [0.5, 0.6) is 11.5 Å². The lowest BCUT2D eigenvalue weighted by Gasteiger charge is -2.09. The van der Waals surface area contributed by atoms with E-state index in [-0.39, 0.29) is 5.57 Å². The first-order valence-electron chi connectivity index (χ1n) is 11.3. The molecule has 0 unspecified atom stereocenters. The molecule has 0 aliphatic rings. The Hall–Kier alpha value is -4.34. The average Bonchev–Trinajstić information content (AvgIpc) is 2.92. The molecule has 1 amide bonds. The van der Waals surface area contributed by atoms with Crippen molar-refractivity contribution >= 4 is 33.6 Å². The van der Waals surface area contributed by atoms with Crippen LogP contribution in [0.25, 0.3) is 6.08 Å². The van der Waals surface area contributed by atoms with Crippen LogP contribution in [0.3, 0.4) is 0 Å². The normalized spacial score (nSPS) is 10.8. The molecule has 0 heterocycles. The number of nitrogens with one attached hydrogen (secondary N) is 1. The maximum Gasteiger partial charge on any atom is 0.266 e. The molecule has 0 saturated heterocycles. The van der Waals surface area contributed by atoms with Gasteiger partial charge in [-0.3, -0.25) is 4.79 Å². The SMILES string of the molecule is N#C/C(=C\c1ccc(OCc2ccccc2Br)cc1)C(=O)Nc1ccc(OCc2ccccc2)cc1. The molecule has 6 heteroatoms. The number of carbonyl (C=O) groups is 1. The lowest BCUT2D eigenvalue weighted by molar-refractivity contribution is -0.112. The number of rotatable bonds is 9. The van der Waals surface area contributed by atoms with E-state index in [1.165, 1.54) is 0 Å². The molecule has 4 aromatic rings. The molecule has 36 heavy (non-hydrogen) atoms. The molecule has 5 nitrogen and oxygen atoms in total. The van der Waals surface area contributed by atoms with Crippen molar-refractivity contribution in [1.29, 1.82) is 5.26 Å². The number of hydrogen-bond donors (Lipinski definition) is 1. The minimum absolute atomic E-state index is 0.00119. The zero-order chi connectivity index (χ0) is 25.2. The predicted molar refractivity (Wildman–Crippen MR) is 144 cm³/mol. The van der Waals surface area contributed by atoms with E-state index in [1.54, 1.807) is 42.5 Å². The zero-order valence-corrected chi connectivity index (χ0v) is 20.9. The van der Waals surface area contributed by atoms with Crippen molar-refractivity contribution in [3.63, 3.8) is 0 Å². The Balaban J connectivity index is 1.32. The molecule has 0 radical (unpaired) electrons. The van der Waals surface area contributed by atoms with Gasteiger partial charge in [-0.15, -0.1) is 0 Å². The van der Waals surface area contributed by atoms with Gasteiger partial charge in [0.05, 0.1) is 0 Å². The third-order valence-electron chi connectivity index (χ3n) is 5.27. The number of nitrogens with zero attached hydrogens (tertiary/aromatic N) is 1. The molecule has 0 spiro atoms. The number of anilines is 1. The minimum atomic E-state index is -0.482. The van der Waals surface area contributed by atoms with Crippen LogP contribution in [0.2, 0.25) is 0 Å². The van der Waals surface area contributed by atoms with E-state index in [4.69, 9.17) is 9.47 Å². The second-order valence-corrected chi connectivity index (χ2v) is 8.73. The first-order valence-corrected chi connectivity index (χ1v) is 12.1. The van der Waals surface area contributed by atoms with Crippen molar-refractivity contribution in [3.8, 4) is 17.6 Å². The van der Waals surface area contributed by atoms with E-state index in [2.05, 4.69) is 21.2 Å². The molecule has 0 bridgehead atoms. The molecule has 4 aromatic carbocycles. The van der Waals surface area contributed by atoms with E-state index < -0.39 is 5.91 Å². The molecule has 0 fully saturated rings. The van der Waals surface area contributed by atoms with Crippen LogP contribution in [0.15, 0.2) is 113 Å². The summed E-state index contributed by atoms with van der Waals surface area (Å²) in [6, 6.07) is 34.0. The van der Waals surface area contributed by atoms with Gasteiger partial charge < -0.3 is 14.8 Å². The lowest BCUT2D eigenvalue weighted by atomic mass is 10.1. The van der Waals surface area contributed by atoms with Gasteiger partial charge in [0.2, 0.25) is 0 Å². The number of halogens is 1. The maximum absolute atomic E-state index is 12.6. The highest BCUT2D eigenvalue weighted by molar-refractivity contribution is 9.10. The van der Waals surface area contributed by atoms with Crippen LogP contribution < -0.4 is 14.8 Å². The van der Waals surface area contributed by atoms with Crippen LogP contribution in [-0.4, -0.2) is 5.91 Å². The van der Waals surface area contributed by atoms with E-state index in [0.717, 1.165) is 21.2 Å². The minimum Gasteiger partial charge on any atom is -0.489 e. The fourth-order valence-corrected chi connectivity index (χ4v) is 3.73. The van der Waals surface area contributed by atoms with Gasteiger partial charge in [0.15, 0.2) is 0 Å². The second-order valence-electron chi connectivity index (χ2n) is 7.87. The fraction of sp³-hybridized carbons (Fsp3) is 0.0667. The highest BCUT2D eigenvalue weighted by Gasteiger charge is 2.10. The number of hydrogen-bond acceptors (Lipinski definition) is 4. The lowest BCUT2D eigenvalue weighted by Crippen LogP contribution is -2.13. The summed E-state index contributed by atoms with van der Waals surface area (Å²) in [7, 11) is 0. The summed E-state index contributed by atoms with van der Waals surface area (Å²) in [5.41, 5.74) is 3.41. The van der Waals surface area contributed by atoms with Crippen molar-refractivity contribution in [2.24, 2.45) is 0 Å². The summed E-state index contributed by atoms with van der Waals surface area (Å²) in [4.78, 5) is 12.6. The van der Waals surface area contributed by atoms with Crippen LogP contribution in [0, 0.1) is 11.3 Å². The molecular weight excluding hydrogens is 516 g/mol. The molecule has 0 aromatic heterocycles. The van der Waals surface area contributed by atoms with E-state index >= 15 is 0 Å². The molecule has 0 aliphatic heterocycles. The standard InChI is InChI=1S/C30H23BrN2O3/c31-29-9-5-4-8-24(29)21-36-27-14-10-22(11-15-27)18-25(19-32)30(34)33-26-12-16-28(17-13-26)35-20-23-6-2-1-3-7-23/h1-18H,20-21H2,(H,33,34)/b25-18+. The largest absolute Gasteiger partial charge is 0.489 e. The monoisotopic (exact) mass is 538 g/mol. The fourth-order valence-electron chi connectivity index (χ4n) is 3.33. The molecule has 0 aliphatic carbocycles. The van der Waals surface area contributed by atoms with Crippen molar-refractivity contribution in [2.75, 3.05) is 5.32 Å².